The molecule has 0 aliphatic heterocycles. The number of fused-ring (bicyclic) bond motifs is 2. The lowest BCUT2D eigenvalue weighted by atomic mass is 9.68. The zero-order chi connectivity index (χ0) is 9.26. The van der Waals surface area contributed by atoms with Gasteiger partial charge in [0.25, 0.3) is 0 Å². The van der Waals surface area contributed by atoms with Gasteiger partial charge in [0.05, 0.1) is 0 Å². The van der Waals surface area contributed by atoms with E-state index in [2.05, 4.69) is 12.2 Å². The Labute approximate surface area is 78.6 Å². The topological polar surface area (TPSA) is 37.3 Å². The van der Waals surface area contributed by atoms with Crippen molar-refractivity contribution in [3.63, 3.8) is 0 Å². The Hall–Kier alpha value is -0.790. The minimum absolute atomic E-state index is 0.349. The maximum Gasteiger partial charge on any atom is 0.303 e. The van der Waals surface area contributed by atoms with E-state index in [-0.39, 0.29) is 0 Å². The molecular formula is C11H16O2. The summed E-state index contributed by atoms with van der Waals surface area (Å²) in [4.78, 5) is 10.4. The lowest BCUT2D eigenvalue weighted by Gasteiger charge is -2.37. The van der Waals surface area contributed by atoms with Gasteiger partial charge in [0.2, 0.25) is 0 Å². The van der Waals surface area contributed by atoms with Gasteiger partial charge in [-0.1, -0.05) is 12.2 Å². The van der Waals surface area contributed by atoms with Gasteiger partial charge < -0.3 is 5.11 Å². The molecule has 3 rings (SSSR count). The predicted octanol–water partition coefficient (Wildman–Crippen LogP) is 2.45. The molecule has 0 heterocycles. The smallest absolute Gasteiger partial charge is 0.303 e. The molecule has 3 atom stereocenters. The van der Waals surface area contributed by atoms with E-state index in [1.807, 2.05) is 0 Å². The van der Waals surface area contributed by atoms with Gasteiger partial charge in [0, 0.05) is 6.42 Å². The Bertz CT molecular complexity index is 232. The van der Waals surface area contributed by atoms with Gasteiger partial charge in [0.15, 0.2) is 0 Å². The van der Waals surface area contributed by atoms with E-state index in [1.165, 1.54) is 19.3 Å². The molecule has 0 radical (unpaired) electrons. The first-order chi connectivity index (χ1) is 6.25. The standard InChI is InChI=1S/C11H16O2/c12-11(13)6-5-10-7-8-1-3-9(10)4-2-8/h1,3,8-10H,2,4-7H2,(H,12,13). The molecule has 72 valence electrons. The van der Waals surface area contributed by atoms with Crippen molar-refractivity contribution < 1.29 is 9.90 Å². The van der Waals surface area contributed by atoms with Crippen LogP contribution in [0.3, 0.4) is 0 Å². The van der Waals surface area contributed by atoms with Gasteiger partial charge in [-0.25, -0.2) is 0 Å². The summed E-state index contributed by atoms with van der Waals surface area (Å²) in [5, 5.41) is 8.60. The molecular weight excluding hydrogens is 164 g/mol. The number of carboxylic acid groups (broad SMARTS) is 1. The Balaban J connectivity index is 1.88. The largest absolute Gasteiger partial charge is 0.481 e. The molecule has 0 amide bonds. The second-order valence-corrected chi connectivity index (χ2v) is 4.31. The molecule has 3 unspecified atom stereocenters. The average Bonchev–Trinajstić information content (AvgIpc) is 2.17. The fourth-order valence-corrected chi connectivity index (χ4v) is 2.69. The van der Waals surface area contributed by atoms with Crippen LogP contribution in [0.5, 0.6) is 0 Å². The normalized spacial score (nSPS) is 36.5. The first-order valence-corrected chi connectivity index (χ1v) is 5.16. The van der Waals surface area contributed by atoms with Crippen molar-refractivity contribution in [1.82, 2.24) is 0 Å². The van der Waals surface area contributed by atoms with E-state index in [9.17, 15) is 4.79 Å². The van der Waals surface area contributed by atoms with E-state index in [0.717, 1.165) is 12.3 Å². The maximum atomic E-state index is 10.4. The third-order valence-corrected chi connectivity index (χ3v) is 3.44. The minimum atomic E-state index is -0.648. The van der Waals surface area contributed by atoms with Crippen molar-refractivity contribution in [2.45, 2.75) is 32.1 Å². The zero-order valence-corrected chi connectivity index (χ0v) is 7.78. The number of rotatable bonds is 3. The number of aliphatic carboxylic acids is 1. The number of carboxylic acids is 1. The third-order valence-electron chi connectivity index (χ3n) is 3.44. The molecule has 1 N–H and O–H groups in total. The van der Waals surface area contributed by atoms with Crippen LogP contribution in [0.2, 0.25) is 0 Å². The number of carbonyl (C=O) groups is 1. The van der Waals surface area contributed by atoms with E-state index < -0.39 is 5.97 Å². The molecule has 13 heavy (non-hydrogen) atoms. The van der Waals surface area contributed by atoms with Crippen LogP contribution in [0, 0.1) is 17.8 Å². The average molecular weight is 180 g/mol. The molecule has 2 bridgehead atoms. The summed E-state index contributed by atoms with van der Waals surface area (Å²) in [5.74, 6) is 1.44. The monoisotopic (exact) mass is 180 g/mol. The summed E-state index contributed by atoms with van der Waals surface area (Å²) in [6.07, 6.45) is 9.70. The van der Waals surface area contributed by atoms with Gasteiger partial charge in [-0.15, -0.1) is 0 Å². The van der Waals surface area contributed by atoms with Crippen LogP contribution in [0.15, 0.2) is 12.2 Å². The number of hydrogen-bond donors (Lipinski definition) is 1. The lowest BCUT2D eigenvalue weighted by molar-refractivity contribution is -0.137. The zero-order valence-electron chi connectivity index (χ0n) is 7.78. The van der Waals surface area contributed by atoms with Gasteiger partial charge in [-0.3, -0.25) is 4.79 Å². The molecule has 0 spiro atoms. The highest BCUT2D eigenvalue weighted by Crippen LogP contribution is 2.42. The SMILES string of the molecule is O=C(O)CCC1CC2C=CC1CC2. The summed E-state index contributed by atoms with van der Waals surface area (Å²) >= 11 is 0. The van der Waals surface area contributed by atoms with Crippen LogP contribution in [-0.2, 0) is 4.79 Å². The van der Waals surface area contributed by atoms with E-state index in [1.54, 1.807) is 0 Å². The minimum Gasteiger partial charge on any atom is -0.481 e. The van der Waals surface area contributed by atoms with Gasteiger partial charge in [0.1, 0.15) is 0 Å². The van der Waals surface area contributed by atoms with Crippen molar-refractivity contribution in [3.8, 4) is 0 Å². The Morgan fingerprint density at radius 3 is 2.69 bits per heavy atom. The predicted molar refractivity (Wildman–Crippen MR) is 50.3 cm³/mol. The van der Waals surface area contributed by atoms with Crippen LogP contribution >= 0.6 is 0 Å². The van der Waals surface area contributed by atoms with Crippen LogP contribution in [0.25, 0.3) is 0 Å². The molecule has 2 nitrogen and oxygen atoms in total. The van der Waals surface area contributed by atoms with Gasteiger partial charge in [-0.05, 0) is 43.4 Å². The van der Waals surface area contributed by atoms with Crippen molar-refractivity contribution in [3.05, 3.63) is 12.2 Å². The van der Waals surface area contributed by atoms with E-state index >= 15 is 0 Å². The van der Waals surface area contributed by atoms with E-state index in [4.69, 9.17) is 5.11 Å². The molecule has 0 aromatic rings. The number of hydrogen-bond acceptors (Lipinski definition) is 1. The van der Waals surface area contributed by atoms with Gasteiger partial charge in [-0.2, -0.15) is 0 Å². The first-order valence-electron chi connectivity index (χ1n) is 5.16. The molecule has 0 saturated heterocycles. The van der Waals surface area contributed by atoms with Crippen LogP contribution in [0.1, 0.15) is 32.1 Å². The summed E-state index contributed by atoms with van der Waals surface area (Å²) in [5.41, 5.74) is 0. The van der Waals surface area contributed by atoms with Crippen LogP contribution in [-0.4, -0.2) is 11.1 Å². The van der Waals surface area contributed by atoms with Crippen LogP contribution < -0.4 is 0 Å². The van der Waals surface area contributed by atoms with Crippen LogP contribution in [0.4, 0.5) is 0 Å². The van der Waals surface area contributed by atoms with Crippen molar-refractivity contribution in [1.29, 1.82) is 0 Å². The summed E-state index contributed by atoms with van der Waals surface area (Å²) in [7, 11) is 0. The second kappa shape index (κ2) is 3.52. The molecule has 2 heteroatoms. The Morgan fingerprint density at radius 1 is 1.38 bits per heavy atom. The van der Waals surface area contributed by atoms with Crippen molar-refractivity contribution in [2.24, 2.45) is 17.8 Å². The highest BCUT2D eigenvalue weighted by Gasteiger charge is 2.31. The Morgan fingerprint density at radius 2 is 2.23 bits per heavy atom. The van der Waals surface area contributed by atoms with E-state index in [0.29, 0.717) is 18.3 Å². The third kappa shape index (κ3) is 1.93. The highest BCUT2D eigenvalue weighted by molar-refractivity contribution is 5.66. The summed E-state index contributed by atoms with van der Waals surface area (Å²) < 4.78 is 0. The fraction of sp³-hybridized carbons (Fsp3) is 0.727. The fourth-order valence-electron chi connectivity index (χ4n) is 2.69. The highest BCUT2D eigenvalue weighted by atomic mass is 16.4. The molecule has 0 aromatic heterocycles. The number of allylic oxidation sites excluding steroid dienone is 2. The van der Waals surface area contributed by atoms with Crippen molar-refractivity contribution >= 4 is 5.97 Å². The summed E-state index contributed by atoms with van der Waals surface area (Å²) in [6.45, 7) is 0. The molecule has 0 aromatic carbocycles. The molecule has 1 fully saturated rings. The van der Waals surface area contributed by atoms with Gasteiger partial charge >= 0.3 is 5.97 Å². The quantitative estimate of drug-likeness (QED) is 0.677. The molecule has 3 aliphatic carbocycles. The molecule has 1 saturated carbocycles. The summed E-state index contributed by atoms with van der Waals surface area (Å²) in [6, 6.07) is 0. The lowest BCUT2D eigenvalue weighted by Crippen LogP contribution is -2.27. The van der Waals surface area contributed by atoms with Crippen molar-refractivity contribution in [2.75, 3.05) is 0 Å². The Kier molecular flexibility index (Phi) is 2.38. The molecule has 3 aliphatic rings. The first kappa shape index (κ1) is 8.79. The second-order valence-electron chi connectivity index (χ2n) is 4.31. The maximum absolute atomic E-state index is 10.4.